The van der Waals surface area contributed by atoms with E-state index in [0.717, 1.165) is 31.5 Å². The summed E-state index contributed by atoms with van der Waals surface area (Å²) in [6.07, 6.45) is 6.82. The summed E-state index contributed by atoms with van der Waals surface area (Å²) in [7, 11) is 0. The first-order valence-electron chi connectivity index (χ1n) is 10.5. The maximum atomic E-state index is 12.7. The molecule has 0 radical (unpaired) electrons. The molecule has 2 amide bonds. The van der Waals surface area contributed by atoms with Gasteiger partial charge >= 0.3 is 5.76 Å². The van der Waals surface area contributed by atoms with Crippen LogP contribution in [0.5, 0.6) is 0 Å². The highest BCUT2D eigenvalue weighted by Crippen LogP contribution is 2.22. The number of nitrogens with zero attached hydrogens (tertiary/aromatic N) is 2. The highest BCUT2D eigenvalue weighted by molar-refractivity contribution is 6.03. The fraction of sp³-hybridized carbons (Fsp3) is 0.571. The highest BCUT2D eigenvalue weighted by atomic mass is 16.4. The molecule has 29 heavy (non-hydrogen) atoms. The van der Waals surface area contributed by atoms with E-state index >= 15 is 0 Å². The zero-order chi connectivity index (χ0) is 20.4. The highest BCUT2D eigenvalue weighted by Gasteiger charge is 2.27. The number of amides is 2. The summed E-state index contributed by atoms with van der Waals surface area (Å²) in [4.78, 5) is 42.9. The lowest BCUT2D eigenvalue weighted by molar-refractivity contribution is -0.132. The third-order valence-electron chi connectivity index (χ3n) is 6.21. The lowest BCUT2D eigenvalue weighted by Gasteiger charge is -2.40. The predicted molar refractivity (Wildman–Crippen MR) is 109 cm³/mol. The molecule has 4 rings (SSSR count). The fourth-order valence-corrected chi connectivity index (χ4v) is 4.62. The quantitative estimate of drug-likeness (QED) is 0.792. The topological polar surface area (TPSA) is 113 Å². The van der Waals surface area contributed by atoms with Crippen molar-refractivity contribution in [2.24, 2.45) is 5.73 Å². The van der Waals surface area contributed by atoms with Gasteiger partial charge < -0.3 is 20.0 Å². The molecule has 0 atom stereocenters. The zero-order valence-corrected chi connectivity index (χ0v) is 16.6. The molecule has 8 nitrogen and oxygen atoms in total. The number of primary amides is 1. The van der Waals surface area contributed by atoms with Crippen molar-refractivity contribution in [3.8, 4) is 0 Å². The molecule has 0 spiro atoms. The molecule has 3 heterocycles. The van der Waals surface area contributed by atoms with Gasteiger partial charge in [-0.2, -0.15) is 0 Å². The molecule has 2 saturated heterocycles. The number of aryl methyl sites for hydroxylation is 1. The third kappa shape index (κ3) is 4.37. The first kappa shape index (κ1) is 19.7. The number of nitrogens with one attached hydrogen (secondary N) is 1. The summed E-state index contributed by atoms with van der Waals surface area (Å²) >= 11 is 0. The lowest BCUT2D eigenvalue weighted by Crippen LogP contribution is -2.48. The minimum atomic E-state index is -0.639. The van der Waals surface area contributed by atoms with E-state index < -0.39 is 11.7 Å². The number of hydrogen-bond donors (Lipinski definition) is 2. The molecule has 3 N–H and O–H groups in total. The number of rotatable bonds is 5. The second-order valence-corrected chi connectivity index (χ2v) is 8.10. The summed E-state index contributed by atoms with van der Waals surface area (Å²) in [6.45, 7) is 3.99. The minimum Gasteiger partial charge on any atom is -0.408 e. The molecular weight excluding hydrogens is 372 g/mol. The number of H-pyrrole nitrogens is 1. The molecule has 0 saturated carbocycles. The Morgan fingerprint density at radius 2 is 1.83 bits per heavy atom. The van der Waals surface area contributed by atoms with Crippen molar-refractivity contribution in [3.05, 3.63) is 33.8 Å². The van der Waals surface area contributed by atoms with Gasteiger partial charge in [0.05, 0.1) is 11.1 Å². The van der Waals surface area contributed by atoms with E-state index in [1.807, 2.05) is 4.90 Å². The van der Waals surface area contributed by atoms with Crippen molar-refractivity contribution < 1.29 is 14.0 Å². The average molecular weight is 400 g/mol. The largest absolute Gasteiger partial charge is 0.417 e. The second-order valence-electron chi connectivity index (χ2n) is 8.10. The van der Waals surface area contributed by atoms with Gasteiger partial charge in [0.25, 0.3) is 5.91 Å². The van der Waals surface area contributed by atoms with E-state index in [0.29, 0.717) is 24.4 Å². The number of fused-ring (bicyclic) bond motifs is 1. The van der Waals surface area contributed by atoms with Crippen molar-refractivity contribution in [2.45, 2.75) is 51.0 Å². The monoisotopic (exact) mass is 400 g/mol. The van der Waals surface area contributed by atoms with Gasteiger partial charge in [-0.05, 0) is 62.9 Å². The van der Waals surface area contributed by atoms with Gasteiger partial charge in [-0.3, -0.25) is 14.6 Å². The maximum Gasteiger partial charge on any atom is 0.417 e. The van der Waals surface area contributed by atoms with E-state index in [1.54, 1.807) is 12.1 Å². The fourth-order valence-electron chi connectivity index (χ4n) is 4.62. The summed E-state index contributed by atoms with van der Waals surface area (Å²) in [5.41, 5.74) is 6.98. The van der Waals surface area contributed by atoms with Gasteiger partial charge in [0.2, 0.25) is 5.91 Å². The number of benzene rings is 1. The molecule has 0 unspecified atom stereocenters. The second kappa shape index (κ2) is 8.41. The summed E-state index contributed by atoms with van der Waals surface area (Å²) in [5, 5.41) is 0. The van der Waals surface area contributed by atoms with Crippen molar-refractivity contribution in [1.82, 2.24) is 14.8 Å². The van der Waals surface area contributed by atoms with Gasteiger partial charge in [-0.25, -0.2) is 4.79 Å². The normalized spacial score (nSPS) is 19.0. The standard InChI is InChI=1S/C21H28N4O4/c22-20(27)16-12-14(13-17-19(16)23-21(28)29-17)4-5-18(26)25-10-6-15(7-11-25)24-8-2-1-3-9-24/h12-13,15H,1-11H2,(H2,22,27)(H,23,28). The van der Waals surface area contributed by atoms with E-state index in [4.69, 9.17) is 10.2 Å². The van der Waals surface area contributed by atoms with Gasteiger partial charge in [0.1, 0.15) is 0 Å². The van der Waals surface area contributed by atoms with Gasteiger partial charge in [0.15, 0.2) is 5.58 Å². The molecule has 2 fully saturated rings. The van der Waals surface area contributed by atoms with Gasteiger partial charge in [-0.1, -0.05) is 6.42 Å². The Kier molecular flexibility index (Phi) is 5.71. The maximum absolute atomic E-state index is 12.7. The molecule has 2 aromatic rings. The van der Waals surface area contributed by atoms with E-state index in [1.165, 1.54) is 32.4 Å². The van der Waals surface area contributed by atoms with Crippen molar-refractivity contribution >= 4 is 22.9 Å². The van der Waals surface area contributed by atoms with E-state index in [2.05, 4.69) is 9.88 Å². The Morgan fingerprint density at radius 3 is 2.52 bits per heavy atom. The molecule has 8 heteroatoms. The smallest absolute Gasteiger partial charge is 0.408 e. The van der Waals surface area contributed by atoms with Crippen LogP contribution in [-0.4, -0.2) is 58.8 Å². The number of nitrogens with two attached hydrogens (primary N) is 1. The number of aromatic amines is 1. The number of piperidine rings is 2. The summed E-state index contributed by atoms with van der Waals surface area (Å²) in [6, 6.07) is 3.93. The number of carbonyl (C=O) groups is 2. The average Bonchev–Trinajstić information content (AvgIpc) is 3.12. The number of carbonyl (C=O) groups excluding carboxylic acids is 2. The SMILES string of the molecule is NC(=O)c1cc(CCC(=O)N2CCC(N3CCCCC3)CC2)cc2oc(=O)[nH]c12. The van der Waals surface area contributed by atoms with E-state index in [9.17, 15) is 14.4 Å². The Balaban J connectivity index is 1.35. The van der Waals surface area contributed by atoms with Crippen molar-refractivity contribution in [1.29, 1.82) is 0 Å². The van der Waals surface area contributed by atoms with Crippen LogP contribution in [0.2, 0.25) is 0 Å². The molecule has 156 valence electrons. The van der Waals surface area contributed by atoms with Crippen LogP contribution < -0.4 is 11.5 Å². The number of oxazole rings is 1. The Bertz CT molecular complexity index is 949. The van der Waals surface area contributed by atoms with E-state index in [-0.39, 0.29) is 17.1 Å². The molecule has 1 aromatic carbocycles. The van der Waals surface area contributed by atoms with Crippen LogP contribution in [0.25, 0.3) is 11.1 Å². The molecule has 2 aliphatic rings. The van der Waals surface area contributed by atoms with Crippen LogP contribution in [0.15, 0.2) is 21.3 Å². The number of aromatic nitrogens is 1. The van der Waals surface area contributed by atoms with Gasteiger partial charge in [0, 0.05) is 25.6 Å². The summed E-state index contributed by atoms with van der Waals surface area (Å²) in [5.74, 6) is -1.15. The summed E-state index contributed by atoms with van der Waals surface area (Å²) < 4.78 is 5.07. The zero-order valence-electron chi connectivity index (χ0n) is 16.6. The number of likely N-dealkylation sites (tertiary alicyclic amines) is 2. The molecule has 2 aliphatic heterocycles. The van der Waals surface area contributed by atoms with Crippen LogP contribution in [0.1, 0.15) is 54.4 Å². The van der Waals surface area contributed by atoms with Crippen molar-refractivity contribution in [3.63, 3.8) is 0 Å². The van der Waals surface area contributed by atoms with Gasteiger partial charge in [-0.15, -0.1) is 0 Å². The Labute approximate surface area is 169 Å². The first-order chi connectivity index (χ1) is 14.0. The van der Waals surface area contributed by atoms with Crippen molar-refractivity contribution in [2.75, 3.05) is 26.2 Å². The van der Waals surface area contributed by atoms with Crippen LogP contribution in [0.4, 0.5) is 0 Å². The van der Waals surface area contributed by atoms with Crippen LogP contribution >= 0.6 is 0 Å². The van der Waals surface area contributed by atoms with Crippen LogP contribution in [0, 0.1) is 0 Å². The molecule has 0 aliphatic carbocycles. The predicted octanol–water partition coefficient (Wildman–Crippen LogP) is 1.63. The Morgan fingerprint density at radius 1 is 1.10 bits per heavy atom. The Hall–Kier alpha value is -2.61. The first-order valence-corrected chi connectivity index (χ1v) is 10.5. The molecular formula is C21H28N4O4. The minimum absolute atomic E-state index is 0.123. The molecule has 0 bridgehead atoms. The third-order valence-corrected chi connectivity index (χ3v) is 6.21. The van der Waals surface area contributed by atoms with Crippen LogP contribution in [0.3, 0.4) is 0 Å². The van der Waals surface area contributed by atoms with Crippen LogP contribution in [-0.2, 0) is 11.2 Å². The lowest BCUT2D eigenvalue weighted by atomic mass is 9.99. The number of hydrogen-bond acceptors (Lipinski definition) is 5. The molecule has 1 aromatic heterocycles.